The van der Waals surface area contributed by atoms with Crippen molar-refractivity contribution in [2.45, 2.75) is 6.92 Å². The maximum atomic E-state index is 10.5. The number of anilines is 1. The molecule has 21 heavy (non-hydrogen) atoms. The largest absolute Gasteiger partial charge is 0.478 e. The first-order chi connectivity index (χ1) is 9.90. The molecule has 0 amide bonds. The molecule has 0 bridgehead atoms. The molecule has 110 valence electrons. The van der Waals surface area contributed by atoms with Crippen molar-refractivity contribution in [3.8, 4) is 5.75 Å². The molecule has 0 aliphatic heterocycles. The molecule has 0 aliphatic carbocycles. The second-order valence-electron chi connectivity index (χ2n) is 4.05. The van der Waals surface area contributed by atoms with Crippen LogP contribution in [0.1, 0.15) is 15.9 Å². The maximum absolute atomic E-state index is 10.5. The molecule has 0 unspecified atom stereocenters. The first-order valence-electron chi connectivity index (χ1n) is 5.92. The normalized spacial score (nSPS) is 9.24. The van der Waals surface area contributed by atoms with Crippen LogP contribution in [-0.4, -0.2) is 16.5 Å². The Kier molecular flexibility index (Phi) is 6.23. The van der Waals surface area contributed by atoms with Gasteiger partial charge in [-0.3, -0.25) is 0 Å². The second-order valence-corrected chi connectivity index (χ2v) is 4.36. The van der Waals surface area contributed by atoms with Gasteiger partial charge in [0.2, 0.25) is 0 Å². The van der Waals surface area contributed by atoms with Crippen LogP contribution in [0.4, 0.5) is 10.5 Å². The number of ether oxygens (including phenoxy) is 1. The van der Waals surface area contributed by atoms with E-state index < -0.39 is 11.4 Å². The highest BCUT2D eigenvalue weighted by Crippen LogP contribution is 2.13. The van der Waals surface area contributed by atoms with E-state index in [1.165, 1.54) is 0 Å². The molecule has 2 aromatic rings. The molecular formula is C15H14ClNO4. The number of nitrogens with two attached hydrogens (primary N) is 1. The Labute approximate surface area is 126 Å². The number of nitrogen functional groups attached to an aromatic ring is 1. The number of benzene rings is 2. The summed E-state index contributed by atoms with van der Waals surface area (Å²) in [5.74, 6) is -0.520. The van der Waals surface area contributed by atoms with Crippen molar-refractivity contribution in [3.05, 3.63) is 59.7 Å². The van der Waals surface area contributed by atoms with E-state index in [9.17, 15) is 9.59 Å². The van der Waals surface area contributed by atoms with Gasteiger partial charge < -0.3 is 15.6 Å². The number of carbonyl (C=O) groups excluding carboxylic acids is 1. The highest BCUT2D eigenvalue weighted by atomic mass is 35.5. The van der Waals surface area contributed by atoms with Crippen molar-refractivity contribution in [2.24, 2.45) is 0 Å². The van der Waals surface area contributed by atoms with E-state index in [0.717, 1.165) is 5.56 Å². The van der Waals surface area contributed by atoms with Gasteiger partial charge in [0.05, 0.1) is 5.56 Å². The molecule has 3 N–H and O–H groups in total. The summed E-state index contributed by atoms with van der Waals surface area (Å²) in [5.41, 5.74) is 5.98. The van der Waals surface area contributed by atoms with Gasteiger partial charge in [-0.2, -0.15) is 0 Å². The number of para-hydroxylation sites is 1. The predicted octanol–water partition coefficient (Wildman–Crippen LogP) is 3.70. The third-order valence-electron chi connectivity index (χ3n) is 2.38. The lowest BCUT2D eigenvalue weighted by molar-refractivity contribution is 0.0698. The number of aromatic carboxylic acids is 1. The zero-order chi connectivity index (χ0) is 15.8. The van der Waals surface area contributed by atoms with Crippen molar-refractivity contribution in [2.75, 3.05) is 5.73 Å². The van der Waals surface area contributed by atoms with Crippen LogP contribution >= 0.6 is 11.6 Å². The third-order valence-corrected chi connectivity index (χ3v) is 2.46. The second kappa shape index (κ2) is 7.91. The van der Waals surface area contributed by atoms with Gasteiger partial charge in [-0.25, -0.2) is 9.59 Å². The third kappa shape index (κ3) is 5.97. The van der Waals surface area contributed by atoms with Gasteiger partial charge in [-0.1, -0.05) is 29.8 Å². The molecular weight excluding hydrogens is 294 g/mol. The van der Waals surface area contributed by atoms with E-state index in [-0.39, 0.29) is 5.56 Å². The van der Waals surface area contributed by atoms with Crippen LogP contribution in [0.2, 0.25) is 0 Å². The Morgan fingerprint density at radius 2 is 1.76 bits per heavy atom. The fourth-order valence-corrected chi connectivity index (χ4v) is 1.53. The van der Waals surface area contributed by atoms with Gasteiger partial charge in [0.15, 0.2) is 0 Å². The molecule has 0 aliphatic rings. The minimum atomic E-state index is -0.980. The molecule has 2 rings (SSSR count). The van der Waals surface area contributed by atoms with E-state index in [4.69, 9.17) is 22.4 Å². The van der Waals surface area contributed by atoms with E-state index in [1.807, 2.05) is 13.0 Å². The first-order valence-corrected chi connectivity index (χ1v) is 6.29. The SMILES string of the molecule is Cc1ccc(N)c(C(=O)O)c1.O=C(Cl)Oc1ccccc1. The Bertz CT molecular complexity index is 629. The van der Waals surface area contributed by atoms with Crippen LogP contribution in [-0.2, 0) is 0 Å². The van der Waals surface area contributed by atoms with Crippen molar-refractivity contribution < 1.29 is 19.4 Å². The van der Waals surface area contributed by atoms with Gasteiger partial charge in [0.1, 0.15) is 5.75 Å². The molecule has 0 aromatic heterocycles. The number of hydrogen-bond donors (Lipinski definition) is 2. The monoisotopic (exact) mass is 307 g/mol. The van der Waals surface area contributed by atoms with E-state index >= 15 is 0 Å². The first kappa shape index (κ1) is 16.5. The maximum Gasteiger partial charge on any atom is 0.409 e. The van der Waals surface area contributed by atoms with Crippen LogP contribution in [0.3, 0.4) is 0 Å². The van der Waals surface area contributed by atoms with Gasteiger partial charge in [-0.05, 0) is 31.2 Å². The lowest BCUT2D eigenvalue weighted by atomic mass is 10.1. The molecule has 0 radical (unpaired) electrons. The quantitative estimate of drug-likeness (QED) is 0.652. The van der Waals surface area contributed by atoms with Crippen LogP contribution < -0.4 is 10.5 Å². The molecule has 0 fully saturated rings. The molecule has 0 saturated heterocycles. The standard InChI is InChI=1S/C8H9NO2.C7H5ClO2/c1-5-2-3-7(9)6(4-5)8(10)11;8-7(9)10-6-4-2-1-3-5-6/h2-4H,9H2,1H3,(H,10,11);1-5H. The average Bonchev–Trinajstić information content (AvgIpc) is 2.42. The lowest BCUT2D eigenvalue weighted by Gasteiger charge is -2.00. The molecule has 0 heterocycles. The van der Waals surface area contributed by atoms with Crippen LogP contribution in [0.25, 0.3) is 0 Å². The summed E-state index contributed by atoms with van der Waals surface area (Å²) >= 11 is 4.95. The molecule has 6 heteroatoms. The lowest BCUT2D eigenvalue weighted by Crippen LogP contribution is -2.02. The van der Waals surface area contributed by atoms with Gasteiger partial charge >= 0.3 is 11.4 Å². The zero-order valence-electron chi connectivity index (χ0n) is 11.2. The summed E-state index contributed by atoms with van der Waals surface area (Å²) in [6.45, 7) is 1.83. The average molecular weight is 308 g/mol. The fourth-order valence-electron chi connectivity index (χ4n) is 1.44. The van der Waals surface area contributed by atoms with Crippen molar-refractivity contribution in [1.29, 1.82) is 0 Å². The number of rotatable bonds is 2. The Morgan fingerprint density at radius 1 is 1.14 bits per heavy atom. The number of carboxylic acid groups (broad SMARTS) is 1. The summed E-state index contributed by atoms with van der Waals surface area (Å²) in [7, 11) is 0. The minimum absolute atomic E-state index is 0.171. The van der Waals surface area contributed by atoms with Crippen molar-refractivity contribution in [3.63, 3.8) is 0 Å². The van der Waals surface area contributed by atoms with Crippen LogP contribution in [0.5, 0.6) is 5.75 Å². The van der Waals surface area contributed by atoms with Gasteiger partial charge in [0.25, 0.3) is 0 Å². The van der Waals surface area contributed by atoms with Crippen molar-refractivity contribution >= 4 is 28.7 Å². The molecule has 2 aromatic carbocycles. The predicted molar refractivity (Wildman–Crippen MR) is 80.9 cm³/mol. The molecule has 5 nitrogen and oxygen atoms in total. The number of hydrogen-bond acceptors (Lipinski definition) is 4. The Hall–Kier alpha value is -2.53. The summed E-state index contributed by atoms with van der Waals surface area (Å²) in [5, 5.41) is 8.61. The number of carboxylic acids is 1. The van der Waals surface area contributed by atoms with Crippen LogP contribution in [0.15, 0.2) is 48.5 Å². The highest BCUT2D eigenvalue weighted by molar-refractivity contribution is 6.61. The van der Waals surface area contributed by atoms with E-state index in [2.05, 4.69) is 4.74 Å². The summed E-state index contributed by atoms with van der Waals surface area (Å²) < 4.78 is 4.54. The highest BCUT2D eigenvalue weighted by Gasteiger charge is 2.06. The van der Waals surface area contributed by atoms with Gasteiger partial charge in [0, 0.05) is 17.3 Å². The van der Waals surface area contributed by atoms with Crippen LogP contribution in [0, 0.1) is 6.92 Å². The van der Waals surface area contributed by atoms with E-state index in [0.29, 0.717) is 11.4 Å². The number of aryl methyl sites for hydroxylation is 1. The Morgan fingerprint density at radius 3 is 2.24 bits per heavy atom. The summed E-state index contributed by atoms with van der Waals surface area (Å²) in [6.07, 6.45) is 0. The summed E-state index contributed by atoms with van der Waals surface area (Å²) in [4.78, 5) is 20.7. The van der Waals surface area contributed by atoms with Gasteiger partial charge in [-0.15, -0.1) is 0 Å². The minimum Gasteiger partial charge on any atom is -0.478 e. The van der Waals surface area contributed by atoms with Crippen molar-refractivity contribution in [1.82, 2.24) is 0 Å². The molecule has 0 saturated carbocycles. The Balaban J connectivity index is 0.000000211. The summed E-state index contributed by atoms with van der Waals surface area (Å²) in [6, 6.07) is 13.6. The fraction of sp³-hybridized carbons (Fsp3) is 0.0667. The smallest absolute Gasteiger partial charge is 0.409 e. The topological polar surface area (TPSA) is 89.6 Å². The zero-order valence-corrected chi connectivity index (χ0v) is 12.0. The van der Waals surface area contributed by atoms with E-state index in [1.54, 1.807) is 42.5 Å². The molecule has 0 spiro atoms. The number of halogens is 1. The number of carbonyl (C=O) groups is 2. The molecule has 0 atom stereocenters.